The summed E-state index contributed by atoms with van der Waals surface area (Å²) < 4.78 is 14.2. The first-order valence-corrected chi connectivity index (χ1v) is 5.98. The molecule has 2 nitrogen and oxygen atoms in total. The predicted octanol–water partition coefficient (Wildman–Crippen LogP) is 3.34. The van der Waals surface area contributed by atoms with Crippen LogP contribution in [0.3, 0.4) is 0 Å². The molecule has 0 amide bonds. The van der Waals surface area contributed by atoms with Crippen LogP contribution in [0.1, 0.15) is 31.0 Å². The molecule has 2 rings (SSSR count). The van der Waals surface area contributed by atoms with Gasteiger partial charge in [0.2, 0.25) is 0 Å². The molecule has 0 fully saturated rings. The van der Waals surface area contributed by atoms with Gasteiger partial charge in [0.25, 0.3) is 0 Å². The lowest BCUT2D eigenvalue weighted by atomic mass is 9.93. The molecule has 1 aliphatic heterocycles. The lowest BCUT2D eigenvalue weighted by molar-refractivity contribution is 0.506. The van der Waals surface area contributed by atoms with Gasteiger partial charge in [-0.25, -0.2) is 4.36 Å². The van der Waals surface area contributed by atoms with E-state index in [2.05, 4.69) is 37.3 Å². The zero-order valence-corrected chi connectivity index (χ0v) is 9.51. The first-order chi connectivity index (χ1) is 6.59. The van der Waals surface area contributed by atoms with E-state index in [0.717, 1.165) is 4.90 Å². The van der Waals surface area contributed by atoms with Gasteiger partial charge in [0.15, 0.2) is 0 Å². The van der Waals surface area contributed by atoms with Crippen molar-refractivity contribution in [3.05, 3.63) is 29.3 Å². The molecule has 3 heteroatoms. The van der Waals surface area contributed by atoms with Crippen LogP contribution in [-0.4, -0.2) is 4.55 Å². The molecule has 0 saturated heterocycles. The Bertz CT molecular complexity index is 398. The zero-order valence-electron chi connectivity index (χ0n) is 8.69. The van der Waals surface area contributed by atoms with Crippen molar-refractivity contribution >= 4 is 11.0 Å². The van der Waals surface area contributed by atoms with Gasteiger partial charge in [-0.15, -0.1) is 0 Å². The molecule has 0 aliphatic carbocycles. The Morgan fingerprint density at radius 2 is 2.14 bits per heavy atom. The fraction of sp³-hybridized carbons (Fsp3) is 0.455. The summed E-state index contributed by atoms with van der Waals surface area (Å²) in [5, 5.41) is 0. The molecule has 2 bridgehead atoms. The molecule has 2 unspecified atom stereocenters. The van der Waals surface area contributed by atoms with Crippen molar-refractivity contribution in [2.45, 2.75) is 31.7 Å². The monoisotopic (exact) mass is 209 g/mol. The summed E-state index contributed by atoms with van der Waals surface area (Å²) in [6.07, 6.45) is 0. The number of nitrogens with zero attached hydrogens (tertiary/aromatic N) is 1. The number of hydrogen-bond acceptors (Lipinski definition) is 1. The van der Waals surface area contributed by atoms with Crippen molar-refractivity contribution in [3.63, 3.8) is 0 Å². The summed E-state index contributed by atoms with van der Waals surface area (Å²) in [5.74, 6) is 0.450. The molecule has 0 saturated carbocycles. The van der Waals surface area contributed by atoms with Crippen molar-refractivity contribution in [1.82, 2.24) is 0 Å². The quantitative estimate of drug-likeness (QED) is 0.756. The molecule has 14 heavy (non-hydrogen) atoms. The Kier molecular flexibility index (Phi) is 2.45. The van der Waals surface area contributed by atoms with E-state index in [1.54, 1.807) is 0 Å². The Morgan fingerprint density at radius 3 is 2.79 bits per heavy atom. The van der Waals surface area contributed by atoms with Crippen molar-refractivity contribution in [1.29, 1.82) is 0 Å². The highest BCUT2D eigenvalue weighted by Crippen LogP contribution is 2.34. The molecule has 2 atom stereocenters. The van der Waals surface area contributed by atoms with Crippen LogP contribution in [0.15, 0.2) is 27.5 Å². The molecule has 0 spiro atoms. The molecule has 1 aromatic rings. The first-order valence-electron chi connectivity index (χ1n) is 4.84. The number of benzene rings is 1. The van der Waals surface area contributed by atoms with E-state index >= 15 is 0 Å². The van der Waals surface area contributed by atoms with Gasteiger partial charge in [-0.1, -0.05) is 19.9 Å². The zero-order chi connectivity index (χ0) is 10.3. The van der Waals surface area contributed by atoms with Crippen molar-refractivity contribution in [3.8, 4) is 0 Å². The highest BCUT2D eigenvalue weighted by Gasteiger charge is 2.22. The minimum atomic E-state index is -0.898. The van der Waals surface area contributed by atoms with Gasteiger partial charge >= 0.3 is 0 Å². The van der Waals surface area contributed by atoms with Crippen molar-refractivity contribution in [2.75, 3.05) is 0 Å². The summed E-state index contributed by atoms with van der Waals surface area (Å²) in [6.45, 7) is 6.39. The Labute approximate surface area is 87.3 Å². The maximum atomic E-state index is 9.75. The Balaban J connectivity index is 2.55. The van der Waals surface area contributed by atoms with Crippen LogP contribution in [0.4, 0.5) is 0 Å². The average molecular weight is 209 g/mol. The van der Waals surface area contributed by atoms with Crippen LogP contribution in [0.5, 0.6) is 0 Å². The molecule has 1 N–H and O–H groups in total. The van der Waals surface area contributed by atoms with Crippen molar-refractivity contribution < 1.29 is 4.55 Å². The smallest absolute Gasteiger partial charge is 0.0870 e. The molecule has 76 valence electrons. The molecule has 0 radical (unpaired) electrons. The standard InChI is InChI=1S/C11H15NOS/c1-7(2)11-10-6-9(14(13)12-11)5-4-8(10)3/h4-7,11H,1-3H3,(H,12,13). The summed E-state index contributed by atoms with van der Waals surface area (Å²) in [4.78, 5) is 0.947. The van der Waals surface area contributed by atoms with Gasteiger partial charge in [-0.05, 0) is 36.1 Å². The minimum absolute atomic E-state index is 0.164. The maximum absolute atomic E-state index is 9.75. The van der Waals surface area contributed by atoms with Crippen LogP contribution in [0.25, 0.3) is 0 Å². The van der Waals surface area contributed by atoms with Gasteiger partial charge in [-0.3, -0.25) is 0 Å². The SMILES string of the molecule is Cc1ccc2cc1C(C(C)C)N=S2O. The van der Waals surface area contributed by atoms with Crippen LogP contribution in [-0.2, 0) is 11.0 Å². The molecule has 1 heterocycles. The fourth-order valence-electron chi connectivity index (χ4n) is 1.76. The molecule has 1 aliphatic rings. The van der Waals surface area contributed by atoms with E-state index in [-0.39, 0.29) is 6.04 Å². The second-order valence-corrected chi connectivity index (χ2v) is 5.29. The lowest BCUT2D eigenvalue weighted by Crippen LogP contribution is -2.12. The minimum Gasteiger partial charge on any atom is -0.318 e. The Morgan fingerprint density at radius 1 is 1.43 bits per heavy atom. The van der Waals surface area contributed by atoms with E-state index in [9.17, 15) is 4.55 Å². The average Bonchev–Trinajstić information content (AvgIpc) is 2.14. The second-order valence-electron chi connectivity index (χ2n) is 4.08. The molecular weight excluding hydrogens is 194 g/mol. The Hall–Kier alpha value is -0.670. The van der Waals surface area contributed by atoms with E-state index < -0.39 is 11.0 Å². The van der Waals surface area contributed by atoms with Gasteiger partial charge in [0.1, 0.15) is 0 Å². The number of rotatable bonds is 1. The van der Waals surface area contributed by atoms with Crippen LogP contribution in [0, 0.1) is 12.8 Å². The van der Waals surface area contributed by atoms with E-state index in [1.165, 1.54) is 11.1 Å². The summed E-state index contributed by atoms with van der Waals surface area (Å²) >= 11 is 0. The molecular formula is C11H15NOS. The number of fused-ring (bicyclic) bond motifs is 2. The maximum Gasteiger partial charge on any atom is 0.0870 e. The summed E-state index contributed by atoms with van der Waals surface area (Å²) in [6, 6.07) is 6.29. The number of aryl methyl sites for hydroxylation is 1. The molecule has 1 aromatic carbocycles. The first kappa shape index (κ1) is 9.87. The lowest BCUT2D eigenvalue weighted by Gasteiger charge is -2.24. The highest BCUT2D eigenvalue weighted by atomic mass is 32.2. The topological polar surface area (TPSA) is 32.6 Å². The normalized spacial score (nSPS) is 24.9. The van der Waals surface area contributed by atoms with Gasteiger partial charge in [-0.2, -0.15) is 0 Å². The molecule has 0 aromatic heterocycles. The van der Waals surface area contributed by atoms with E-state index in [1.807, 2.05) is 6.07 Å². The third-order valence-corrected chi connectivity index (χ3v) is 3.73. The highest BCUT2D eigenvalue weighted by molar-refractivity contribution is 7.81. The van der Waals surface area contributed by atoms with E-state index in [4.69, 9.17) is 0 Å². The predicted molar refractivity (Wildman–Crippen MR) is 59.4 cm³/mol. The third-order valence-electron chi connectivity index (χ3n) is 2.63. The summed E-state index contributed by atoms with van der Waals surface area (Å²) in [7, 11) is -0.898. The van der Waals surface area contributed by atoms with Crippen molar-refractivity contribution in [2.24, 2.45) is 10.3 Å². The second kappa shape index (κ2) is 3.48. The van der Waals surface area contributed by atoms with Crippen LogP contribution >= 0.6 is 0 Å². The van der Waals surface area contributed by atoms with Crippen LogP contribution < -0.4 is 0 Å². The van der Waals surface area contributed by atoms with E-state index in [0.29, 0.717) is 5.92 Å². The van der Waals surface area contributed by atoms with Gasteiger partial charge in [0, 0.05) is 4.90 Å². The van der Waals surface area contributed by atoms with Gasteiger partial charge < -0.3 is 4.55 Å². The van der Waals surface area contributed by atoms with Crippen LogP contribution in [0.2, 0.25) is 0 Å². The van der Waals surface area contributed by atoms with Gasteiger partial charge in [0.05, 0.1) is 17.0 Å². The third kappa shape index (κ3) is 1.51. The largest absolute Gasteiger partial charge is 0.318 e. The summed E-state index contributed by atoms with van der Waals surface area (Å²) in [5.41, 5.74) is 2.54. The fourth-order valence-corrected chi connectivity index (χ4v) is 2.87. The number of hydrogen-bond donors (Lipinski definition) is 1.